The van der Waals surface area contributed by atoms with E-state index in [4.69, 9.17) is 0 Å². The number of anilines is 2. The lowest BCUT2D eigenvalue weighted by Crippen LogP contribution is -2.23. The first-order valence-corrected chi connectivity index (χ1v) is 9.34. The van der Waals surface area contributed by atoms with Gasteiger partial charge in [-0.3, -0.25) is 4.79 Å². The first-order valence-electron chi connectivity index (χ1n) is 9.34. The maximum Gasteiger partial charge on any atom is 0.227 e. The second-order valence-electron chi connectivity index (χ2n) is 6.57. The molecule has 5 heteroatoms. The molecule has 3 aromatic rings. The fourth-order valence-electron chi connectivity index (χ4n) is 3.45. The van der Waals surface area contributed by atoms with Gasteiger partial charge in [0, 0.05) is 41.7 Å². The number of hydrogen-bond donors (Lipinski definition) is 1. The van der Waals surface area contributed by atoms with Gasteiger partial charge in [0.05, 0.1) is 11.4 Å². The van der Waals surface area contributed by atoms with Crippen LogP contribution in [0.2, 0.25) is 0 Å². The van der Waals surface area contributed by atoms with Crippen LogP contribution in [0.3, 0.4) is 0 Å². The maximum absolute atomic E-state index is 11.8. The minimum absolute atomic E-state index is 0.191. The van der Waals surface area contributed by atoms with Crippen LogP contribution in [-0.4, -0.2) is 19.0 Å². The lowest BCUT2D eigenvalue weighted by atomic mass is 10.1. The standard InChI is InChI=1S/C22H22N4O/c1-2-23-20-13-14-21(19-7-4-3-6-18(19)20)25-24-16-9-11-17(12-10-16)26-15-5-8-22(26)27/h3-4,6-7,9-14,23H,2,5,8,15H2,1H3. The van der Waals surface area contributed by atoms with Crippen LogP contribution < -0.4 is 10.2 Å². The minimum atomic E-state index is 0.191. The number of nitrogens with one attached hydrogen (secondary N) is 1. The summed E-state index contributed by atoms with van der Waals surface area (Å²) >= 11 is 0. The van der Waals surface area contributed by atoms with Crippen LogP contribution >= 0.6 is 0 Å². The summed E-state index contributed by atoms with van der Waals surface area (Å²) < 4.78 is 0. The Morgan fingerprint density at radius 1 is 0.963 bits per heavy atom. The smallest absolute Gasteiger partial charge is 0.227 e. The van der Waals surface area contributed by atoms with Crippen molar-refractivity contribution in [3.05, 3.63) is 60.7 Å². The quantitative estimate of drug-likeness (QED) is 0.585. The average Bonchev–Trinajstić information content (AvgIpc) is 3.14. The monoisotopic (exact) mass is 358 g/mol. The number of hydrogen-bond acceptors (Lipinski definition) is 4. The van der Waals surface area contributed by atoms with Crippen molar-refractivity contribution in [2.45, 2.75) is 19.8 Å². The molecule has 1 aliphatic rings. The van der Waals surface area contributed by atoms with Crippen molar-refractivity contribution in [3.63, 3.8) is 0 Å². The summed E-state index contributed by atoms with van der Waals surface area (Å²) in [6, 6.07) is 19.9. The normalized spacial score (nSPS) is 14.4. The molecule has 1 amide bonds. The molecule has 1 saturated heterocycles. The Balaban J connectivity index is 1.59. The molecule has 0 saturated carbocycles. The third-order valence-corrected chi connectivity index (χ3v) is 4.78. The Morgan fingerprint density at radius 3 is 2.44 bits per heavy atom. The van der Waals surface area contributed by atoms with Crippen molar-refractivity contribution >= 4 is 39.4 Å². The van der Waals surface area contributed by atoms with Gasteiger partial charge in [-0.1, -0.05) is 24.3 Å². The van der Waals surface area contributed by atoms with E-state index in [1.165, 1.54) is 0 Å². The molecular weight excluding hydrogens is 336 g/mol. The Labute approximate surface area is 158 Å². The number of fused-ring (bicyclic) bond motifs is 1. The molecule has 1 N–H and O–H groups in total. The van der Waals surface area contributed by atoms with E-state index in [-0.39, 0.29) is 5.91 Å². The fraction of sp³-hybridized carbons (Fsp3) is 0.227. The second-order valence-corrected chi connectivity index (χ2v) is 6.57. The zero-order valence-electron chi connectivity index (χ0n) is 15.4. The Morgan fingerprint density at radius 2 is 1.74 bits per heavy atom. The van der Waals surface area contributed by atoms with Gasteiger partial charge in [0.15, 0.2) is 0 Å². The molecule has 3 aromatic carbocycles. The zero-order valence-corrected chi connectivity index (χ0v) is 15.4. The van der Waals surface area contributed by atoms with Crippen LogP contribution in [0.4, 0.5) is 22.7 Å². The number of carbonyl (C=O) groups excluding carboxylic acids is 1. The van der Waals surface area contributed by atoms with E-state index in [0.29, 0.717) is 6.42 Å². The molecular formula is C22H22N4O. The van der Waals surface area contributed by atoms with E-state index in [0.717, 1.165) is 53.0 Å². The molecule has 0 aliphatic carbocycles. The highest BCUT2D eigenvalue weighted by atomic mass is 16.2. The molecule has 0 radical (unpaired) electrons. The summed E-state index contributed by atoms with van der Waals surface area (Å²) in [7, 11) is 0. The van der Waals surface area contributed by atoms with Crippen molar-refractivity contribution in [2.75, 3.05) is 23.3 Å². The number of benzene rings is 3. The number of rotatable bonds is 5. The van der Waals surface area contributed by atoms with Gasteiger partial charge in [0.1, 0.15) is 0 Å². The molecule has 0 atom stereocenters. The Hall–Kier alpha value is -3.21. The van der Waals surface area contributed by atoms with Gasteiger partial charge >= 0.3 is 0 Å². The van der Waals surface area contributed by atoms with Crippen LogP contribution in [0.15, 0.2) is 70.9 Å². The second kappa shape index (κ2) is 7.58. The van der Waals surface area contributed by atoms with Crippen molar-refractivity contribution in [2.24, 2.45) is 10.2 Å². The van der Waals surface area contributed by atoms with Gasteiger partial charge in [0.25, 0.3) is 0 Å². The van der Waals surface area contributed by atoms with Gasteiger partial charge in [-0.05, 0) is 49.7 Å². The van der Waals surface area contributed by atoms with Gasteiger partial charge < -0.3 is 10.2 Å². The minimum Gasteiger partial charge on any atom is -0.385 e. The molecule has 0 unspecified atom stereocenters. The molecule has 0 spiro atoms. The molecule has 4 rings (SSSR count). The predicted molar refractivity (Wildman–Crippen MR) is 110 cm³/mol. The average molecular weight is 358 g/mol. The number of carbonyl (C=O) groups is 1. The summed E-state index contributed by atoms with van der Waals surface area (Å²) in [5.41, 5.74) is 3.64. The van der Waals surface area contributed by atoms with Crippen LogP contribution in [0.25, 0.3) is 10.8 Å². The van der Waals surface area contributed by atoms with Crippen molar-refractivity contribution < 1.29 is 4.79 Å². The highest BCUT2D eigenvalue weighted by Gasteiger charge is 2.21. The summed E-state index contributed by atoms with van der Waals surface area (Å²) in [4.78, 5) is 13.7. The third kappa shape index (κ3) is 3.53. The van der Waals surface area contributed by atoms with Crippen molar-refractivity contribution in [1.29, 1.82) is 0 Å². The van der Waals surface area contributed by atoms with E-state index in [2.05, 4.69) is 34.6 Å². The number of nitrogens with zero attached hydrogens (tertiary/aromatic N) is 3. The third-order valence-electron chi connectivity index (χ3n) is 4.78. The van der Waals surface area contributed by atoms with Crippen molar-refractivity contribution in [3.8, 4) is 0 Å². The lowest BCUT2D eigenvalue weighted by Gasteiger charge is -2.15. The summed E-state index contributed by atoms with van der Waals surface area (Å²) in [6.07, 6.45) is 1.56. The molecule has 0 aromatic heterocycles. The lowest BCUT2D eigenvalue weighted by molar-refractivity contribution is -0.117. The highest BCUT2D eigenvalue weighted by Crippen LogP contribution is 2.33. The zero-order chi connectivity index (χ0) is 18.6. The first kappa shape index (κ1) is 17.2. The van der Waals surface area contributed by atoms with Crippen LogP contribution in [-0.2, 0) is 4.79 Å². The van der Waals surface area contributed by atoms with Crippen molar-refractivity contribution in [1.82, 2.24) is 0 Å². The van der Waals surface area contributed by atoms with Crippen LogP contribution in [0.5, 0.6) is 0 Å². The summed E-state index contributed by atoms with van der Waals surface area (Å²) in [5.74, 6) is 0.191. The van der Waals surface area contributed by atoms with E-state index >= 15 is 0 Å². The van der Waals surface area contributed by atoms with Gasteiger partial charge in [-0.25, -0.2) is 0 Å². The van der Waals surface area contributed by atoms with Gasteiger partial charge in [-0.2, -0.15) is 5.11 Å². The highest BCUT2D eigenvalue weighted by molar-refractivity contribution is 6.00. The van der Waals surface area contributed by atoms with Gasteiger partial charge in [-0.15, -0.1) is 5.11 Å². The maximum atomic E-state index is 11.8. The molecule has 1 fully saturated rings. The number of azo groups is 1. The largest absolute Gasteiger partial charge is 0.385 e. The Kier molecular flexibility index (Phi) is 4.83. The molecule has 136 valence electrons. The van der Waals surface area contributed by atoms with Crippen LogP contribution in [0, 0.1) is 0 Å². The number of amides is 1. The molecule has 5 nitrogen and oxygen atoms in total. The Bertz CT molecular complexity index is 995. The molecule has 1 aliphatic heterocycles. The SMILES string of the molecule is CCNc1ccc(N=Nc2ccc(N3CCCC3=O)cc2)c2ccccc12. The molecule has 0 bridgehead atoms. The van der Waals surface area contributed by atoms with Crippen LogP contribution in [0.1, 0.15) is 19.8 Å². The van der Waals surface area contributed by atoms with E-state index in [9.17, 15) is 4.79 Å². The predicted octanol–water partition coefficient (Wildman–Crippen LogP) is 5.81. The summed E-state index contributed by atoms with van der Waals surface area (Å²) in [6.45, 7) is 3.75. The fourth-order valence-corrected chi connectivity index (χ4v) is 3.45. The van der Waals surface area contributed by atoms with E-state index in [1.54, 1.807) is 0 Å². The summed E-state index contributed by atoms with van der Waals surface area (Å²) in [5, 5.41) is 14.4. The molecule has 1 heterocycles. The molecule has 27 heavy (non-hydrogen) atoms. The van der Waals surface area contributed by atoms with E-state index < -0.39 is 0 Å². The first-order chi connectivity index (χ1) is 13.3. The van der Waals surface area contributed by atoms with E-state index in [1.807, 2.05) is 53.4 Å². The topological polar surface area (TPSA) is 57.1 Å². The van der Waals surface area contributed by atoms with Gasteiger partial charge in [0.2, 0.25) is 5.91 Å².